The van der Waals surface area contributed by atoms with Crippen molar-refractivity contribution in [3.05, 3.63) is 66.2 Å². The molecule has 4 heteroatoms. The molecule has 3 nitrogen and oxygen atoms in total. The first-order valence-electron chi connectivity index (χ1n) is 7.70. The summed E-state index contributed by atoms with van der Waals surface area (Å²) in [6.07, 6.45) is 2.39. The van der Waals surface area contributed by atoms with Crippen molar-refractivity contribution < 1.29 is 9.53 Å². The summed E-state index contributed by atoms with van der Waals surface area (Å²) < 4.78 is 5.39. The van der Waals surface area contributed by atoms with Crippen LogP contribution in [0.15, 0.2) is 65.6 Å². The molecule has 0 bridgehead atoms. The van der Waals surface area contributed by atoms with Crippen molar-refractivity contribution in [3.8, 4) is 5.75 Å². The van der Waals surface area contributed by atoms with Crippen LogP contribution in [0.25, 0.3) is 10.8 Å². The van der Waals surface area contributed by atoms with E-state index in [4.69, 9.17) is 4.74 Å². The number of amides is 1. The zero-order valence-corrected chi connectivity index (χ0v) is 14.5. The van der Waals surface area contributed by atoms with Crippen LogP contribution >= 0.6 is 11.8 Å². The van der Waals surface area contributed by atoms with Crippen molar-refractivity contribution in [3.63, 3.8) is 0 Å². The molecule has 24 heavy (non-hydrogen) atoms. The van der Waals surface area contributed by atoms with Gasteiger partial charge >= 0.3 is 0 Å². The average molecular weight is 337 g/mol. The number of carbonyl (C=O) groups excluding carboxylic acids is 1. The number of anilines is 1. The van der Waals surface area contributed by atoms with Crippen molar-refractivity contribution in [1.82, 2.24) is 0 Å². The highest BCUT2D eigenvalue weighted by Gasteiger charge is 2.09. The standard InChI is InChI=1S/C20H19NO2S/c1-23-19-12-11-18(16-5-3-4-6-17(16)19)21-20(22)13-14-7-9-15(24-2)10-8-14/h3-12H,13H2,1-2H3,(H,21,22). The summed E-state index contributed by atoms with van der Waals surface area (Å²) in [5.74, 6) is 0.776. The number of rotatable bonds is 5. The number of hydrogen-bond donors (Lipinski definition) is 1. The van der Waals surface area contributed by atoms with Crippen molar-refractivity contribution in [2.45, 2.75) is 11.3 Å². The predicted octanol–water partition coefficient (Wildman–Crippen LogP) is 4.75. The number of methoxy groups -OCH3 is 1. The summed E-state index contributed by atoms with van der Waals surface area (Å²) in [5, 5.41) is 4.98. The van der Waals surface area contributed by atoms with Gasteiger partial charge in [0.05, 0.1) is 13.5 Å². The van der Waals surface area contributed by atoms with Crippen molar-refractivity contribution in [1.29, 1.82) is 0 Å². The summed E-state index contributed by atoms with van der Waals surface area (Å²) in [5.41, 5.74) is 1.81. The monoisotopic (exact) mass is 337 g/mol. The Morgan fingerprint density at radius 1 is 1.00 bits per heavy atom. The van der Waals surface area contributed by atoms with Crippen LogP contribution in [0.1, 0.15) is 5.56 Å². The molecular formula is C20H19NO2S. The lowest BCUT2D eigenvalue weighted by Gasteiger charge is -2.12. The third-order valence-corrected chi connectivity index (χ3v) is 4.65. The molecule has 3 aromatic rings. The Morgan fingerprint density at radius 3 is 2.38 bits per heavy atom. The molecule has 0 unspecified atom stereocenters. The fourth-order valence-electron chi connectivity index (χ4n) is 2.68. The summed E-state index contributed by atoms with van der Waals surface area (Å²) in [7, 11) is 1.65. The first-order chi connectivity index (χ1) is 11.7. The van der Waals surface area contributed by atoms with Gasteiger partial charge in [0.2, 0.25) is 5.91 Å². The molecule has 0 saturated heterocycles. The molecule has 0 saturated carbocycles. The molecule has 0 fully saturated rings. The van der Waals surface area contributed by atoms with Gasteiger partial charge in [-0.05, 0) is 36.1 Å². The maximum absolute atomic E-state index is 12.4. The second kappa shape index (κ2) is 7.41. The third kappa shape index (κ3) is 3.54. The van der Waals surface area contributed by atoms with Gasteiger partial charge in [0.15, 0.2) is 0 Å². The molecule has 122 valence electrons. The predicted molar refractivity (Wildman–Crippen MR) is 101 cm³/mol. The Labute approximate surface area is 146 Å². The zero-order valence-electron chi connectivity index (χ0n) is 13.7. The summed E-state index contributed by atoms with van der Waals surface area (Å²) >= 11 is 1.69. The number of carbonyl (C=O) groups is 1. The number of benzene rings is 3. The van der Waals surface area contributed by atoms with Gasteiger partial charge in [-0.15, -0.1) is 11.8 Å². The fraction of sp³-hybridized carbons (Fsp3) is 0.150. The smallest absolute Gasteiger partial charge is 0.228 e. The number of fused-ring (bicyclic) bond motifs is 1. The van der Waals surface area contributed by atoms with Gasteiger partial charge in [0.1, 0.15) is 5.75 Å². The van der Waals surface area contributed by atoms with Gasteiger partial charge in [-0.25, -0.2) is 0 Å². The molecule has 3 rings (SSSR count). The van der Waals surface area contributed by atoms with Gasteiger partial charge in [-0.3, -0.25) is 4.79 Å². The summed E-state index contributed by atoms with van der Waals surface area (Å²) in [6.45, 7) is 0. The van der Waals surface area contributed by atoms with Crippen molar-refractivity contribution in [2.24, 2.45) is 0 Å². The van der Waals surface area contributed by atoms with Crippen molar-refractivity contribution in [2.75, 3.05) is 18.7 Å². The Bertz CT molecular complexity index is 859. The van der Waals surface area contributed by atoms with E-state index in [0.717, 1.165) is 27.8 Å². The Balaban J connectivity index is 1.80. The first-order valence-corrected chi connectivity index (χ1v) is 8.92. The van der Waals surface area contributed by atoms with Crippen LogP contribution in [0.4, 0.5) is 5.69 Å². The van der Waals surface area contributed by atoms with Crippen LogP contribution in [-0.2, 0) is 11.2 Å². The van der Waals surface area contributed by atoms with Crippen LogP contribution in [0, 0.1) is 0 Å². The molecule has 0 aliphatic carbocycles. The molecule has 0 aliphatic heterocycles. The minimum Gasteiger partial charge on any atom is -0.496 e. The topological polar surface area (TPSA) is 38.3 Å². The van der Waals surface area contributed by atoms with E-state index in [9.17, 15) is 4.79 Å². The highest BCUT2D eigenvalue weighted by Crippen LogP contribution is 2.31. The van der Waals surface area contributed by atoms with E-state index >= 15 is 0 Å². The quantitative estimate of drug-likeness (QED) is 0.683. The normalized spacial score (nSPS) is 10.6. The minimum atomic E-state index is -0.0257. The molecule has 0 aromatic heterocycles. The molecule has 1 amide bonds. The lowest BCUT2D eigenvalue weighted by molar-refractivity contribution is -0.115. The largest absolute Gasteiger partial charge is 0.496 e. The minimum absolute atomic E-state index is 0.0257. The molecule has 0 aliphatic rings. The Hall–Kier alpha value is -2.46. The zero-order chi connectivity index (χ0) is 16.9. The van der Waals surface area contributed by atoms with Gasteiger partial charge in [0.25, 0.3) is 0 Å². The van der Waals surface area contributed by atoms with Crippen LogP contribution < -0.4 is 10.1 Å². The van der Waals surface area contributed by atoms with Gasteiger partial charge in [-0.1, -0.05) is 36.4 Å². The number of thioether (sulfide) groups is 1. The van der Waals surface area contributed by atoms with E-state index in [-0.39, 0.29) is 5.91 Å². The second-order valence-corrected chi connectivity index (χ2v) is 6.31. The maximum atomic E-state index is 12.4. The van der Waals surface area contributed by atoms with E-state index in [1.54, 1.807) is 18.9 Å². The molecule has 0 heterocycles. The lowest BCUT2D eigenvalue weighted by atomic mass is 10.1. The van der Waals surface area contributed by atoms with Gasteiger partial charge in [0, 0.05) is 21.4 Å². The van der Waals surface area contributed by atoms with E-state index < -0.39 is 0 Å². The van der Waals surface area contributed by atoms with Crippen LogP contribution in [0.3, 0.4) is 0 Å². The molecular weight excluding hydrogens is 318 g/mol. The first kappa shape index (κ1) is 16.4. The second-order valence-electron chi connectivity index (χ2n) is 5.43. The summed E-state index contributed by atoms with van der Waals surface area (Å²) in [4.78, 5) is 13.6. The summed E-state index contributed by atoms with van der Waals surface area (Å²) in [6, 6.07) is 19.7. The molecule has 0 radical (unpaired) electrons. The van der Waals surface area contributed by atoms with E-state index in [2.05, 4.69) is 5.32 Å². The lowest BCUT2D eigenvalue weighted by Crippen LogP contribution is -2.14. The highest BCUT2D eigenvalue weighted by molar-refractivity contribution is 7.98. The third-order valence-electron chi connectivity index (χ3n) is 3.90. The fourth-order valence-corrected chi connectivity index (χ4v) is 3.09. The SMILES string of the molecule is COc1ccc(NC(=O)Cc2ccc(SC)cc2)c2ccccc12. The maximum Gasteiger partial charge on any atom is 0.228 e. The molecule has 1 N–H and O–H groups in total. The van der Waals surface area contributed by atoms with Crippen LogP contribution in [0.5, 0.6) is 5.75 Å². The number of nitrogens with one attached hydrogen (secondary N) is 1. The van der Waals surface area contributed by atoms with E-state index in [1.807, 2.05) is 66.9 Å². The molecule has 0 atom stereocenters. The van der Waals surface area contributed by atoms with Crippen LogP contribution in [0.2, 0.25) is 0 Å². The Kier molecular flexibility index (Phi) is 5.06. The average Bonchev–Trinajstić information content (AvgIpc) is 2.62. The van der Waals surface area contributed by atoms with Crippen LogP contribution in [-0.4, -0.2) is 19.3 Å². The number of ether oxygens (including phenoxy) is 1. The number of hydrogen-bond acceptors (Lipinski definition) is 3. The molecule has 0 spiro atoms. The molecule has 3 aromatic carbocycles. The highest BCUT2D eigenvalue weighted by atomic mass is 32.2. The van der Waals surface area contributed by atoms with E-state index in [0.29, 0.717) is 6.42 Å². The van der Waals surface area contributed by atoms with Gasteiger partial charge < -0.3 is 10.1 Å². The Morgan fingerprint density at radius 2 is 1.71 bits per heavy atom. The van der Waals surface area contributed by atoms with Gasteiger partial charge in [-0.2, -0.15) is 0 Å². The van der Waals surface area contributed by atoms with Crippen molar-refractivity contribution >= 4 is 34.1 Å². The van der Waals surface area contributed by atoms with E-state index in [1.165, 1.54) is 4.90 Å².